The Morgan fingerprint density at radius 1 is 0.364 bits per heavy atom. The van der Waals surface area contributed by atoms with Crippen LogP contribution in [0.2, 0.25) is 0 Å². The van der Waals surface area contributed by atoms with E-state index in [4.69, 9.17) is 4.42 Å². The number of fused-ring (bicyclic) bond motifs is 14. The molecular formula is C52H31NOS. The Morgan fingerprint density at radius 3 is 1.87 bits per heavy atom. The Morgan fingerprint density at radius 2 is 1.00 bits per heavy atom. The molecule has 12 rings (SSSR count). The number of anilines is 3. The highest BCUT2D eigenvalue weighted by Gasteiger charge is 2.19. The molecule has 0 aliphatic carbocycles. The van der Waals surface area contributed by atoms with Crippen LogP contribution < -0.4 is 4.90 Å². The summed E-state index contributed by atoms with van der Waals surface area (Å²) < 4.78 is 9.17. The molecule has 0 saturated heterocycles. The van der Waals surface area contributed by atoms with E-state index in [1.807, 2.05) is 23.5 Å². The zero-order valence-corrected chi connectivity index (χ0v) is 30.5. The molecule has 2 aromatic heterocycles. The van der Waals surface area contributed by atoms with E-state index < -0.39 is 0 Å². The van der Waals surface area contributed by atoms with E-state index in [0.717, 1.165) is 50.1 Å². The molecule has 2 nitrogen and oxygen atoms in total. The Balaban J connectivity index is 1.08. The predicted octanol–water partition coefficient (Wildman–Crippen LogP) is 15.7. The molecule has 0 unspecified atom stereocenters. The average Bonchev–Trinajstić information content (AvgIpc) is 3.82. The lowest BCUT2D eigenvalue weighted by Crippen LogP contribution is -2.10. The zero-order valence-electron chi connectivity index (χ0n) is 29.7. The second-order valence-corrected chi connectivity index (χ2v) is 15.5. The van der Waals surface area contributed by atoms with Gasteiger partial charge in [0.1, 0.15) is 11.2 Å². The third kappa shape index (κ3) is 4.60. The zero-order chi connectivity index (χ0) is 36.0. The van der Waals surface area contributed by atoms with Crippen LogP contribution in [-0.4, -0.2) is 0 Å². The maximum Gasteiger partial charge on any atom is 0.143 e. The molecule has 0 atom stereocenters. The topological polar surface area (TPSA) is 16.4 Å². The molecule has 0 amide bonds. The minimum atomic E-state index is 0.907. The van der Waals surface area contributed by atoms with Gasteiger partial charge in [0.25, 0.3) is 0 Å². The van der Waals surface area contributed by atoms with Crippen LogP contribution in [0.25, 0.3) is 96.3 Å². The normalized spacial score (nSPS) is 12.0. The largest absolute Gasteiger partial charge is 0.455 e. The summed E-state index contributed by atoms with van der Waals surface area (Å²) in [5, 5.41) is 15.2. The minimum Gasteiger partial charge on any atom is -0.455 e. The molecule has 3 heteroatoms. The smallest absolute Gasteiger partial charge is 0.143 e. The molecule has 0 aliphatic heterocycles. The highest BCUT2D eigenvalue weighted by atomic mass is 32.1. The molecule has 55 heavy (non-hydrogen) atoms. The van der Waals surface area contributed by atoms with Gasteiger partial charge >= 0.3 is 0 Å². The van der Waals surface area contributed by atoms with Crippen molar-refractivity contribution in [2.24, 2.45) is 0 Å². The number of hydrogen-bond acceptors (Lipinski definition) is 3. The Kier molecular flexibility index (Phi) is 6.54. The molecule has 0 spiro atoms. The van der Waals surface area contributed by atoms with Gasteiger partial charge in [0.2, 0.25) is 0 Å². The summed E-state index contributed by atoms with van der Waals surface area (Å²) in [7, 11) is 0. The molecule has 0 N–H and O–H groups in total. The van der Waals surface area contributed by atoms with Gasteiger partial charge < -0.3 is 9.32 Å². The standard InChI is InChI=1S/C52H31NOS/c1-2-14-34(15-3-1)53(35-16-10-13-33(28-35)37-21-11-22-43-42-20-8-9-23-49(42)54-51(37)43)36-25-27-41-45(29-36)39-18-6-7-19-40(39)47-31-50-48(30-46(41)47)44-26-24-32-12-4-5-17-38(32)52(44)55-50/h1-31H. The molecule has 256 valence electrons. The number of rotatable bonds is 4. The molecule has 0 bridgehead atoms. The highest BCUT2D eigenvalue weighted by molar-refractivity contribution is 7.26. The molecule has 2 heterocycles. The number of furan rings is 1. The third-order valence-electron chi connectivity index (χ3n) is 11.4. The monoisotopic (exact) mass is 717 g/mol. The van der Waals surface area contributed by atoms with Gasteiger partial charge in [0.05, 0.1) is 0 Å². The molecule has 12 aromatic rings. The maximum atomic E-state index is 6.48. The quantitative estimate of drug-likeness (QED) is 0.169. The van der Waals surface area contributed by atoms with E-state index in [0.29, 0.717) is 0 Å². The van der Waals surface area contributed by atoms with E-state index in [9.17, 15) is 0 Å². The first-order valence-electron chi connectivity index (χ1n) is 18.7. The van der Waals surface area contributed by atoms with Crippen LogP contribution in [0.3, 0.4) is 0 Å². The van der Waals surface area contributed by atoms with Crippen LogP contribution in [-0.2, 0) is 0 Å². The summed E-state index contributed by atoms with van der Waals surface area (Å²) in [5.41, 5.74) is 7.31. The van der Waals surface area contributed by atoms with Gasteiger partial charge in [-0.25, -0.2) is 0 Å². The van der Waals surface area contributed by atoms with Crippen molar-refractivity contribution in [3.63, 3.8) is 0 Å². The van der Waals surface area contributed by atoms with Crippen molar-refractivity contribution < 1.29 is 4.42 Å². The van der Waals surface area contributed by atoms with E-state index in [1.54, 1.807) is 0 Å². The van der Waals surface area contributed by atoms with Gasteiger partial charge in [0.15, 0.2) is 0 Å². The number of hydrogen-bond donors (Lipinski definition) is 0. The van der Waals surface area contributed by atoms with E-state index in [-0.39, 0.29) is 0 Å². The molecule has 0 saturated carbocycles. The Labute approximate surface area is 320 Å². The first-order chi connectivity index (χ1) is 27.3. The van der Waals surface area contributed by atoms with Crippen LogP contribution >= 0.6 is 11.3 Å². The summed E-state index contributed by atoms with van der Waals surface area (Å²) in [6.07, 6.45) is 0. The van der Waals surface area contributed by atoms with Crippen molar-refractivity contribution in [3.8, 4) is 11.1 Å². The number of thiophene rings is 1. The number of para-hydroxylation sites is 3. The summed E-state index contributed by atoms with van der Waals surface area (Å²) in [5.74, 6) is 0. The van der Waals surface area contributed by atoms with Crippen molar-refractivity contribution in [3.05, 3.63) is 188 Å². The fourth-order valence-corrected chi connectivity index (χ4v) is 10.1. The van der Waals surface area contributed by atoms with Crippen LogP contribution in [0.1, 0.15) is 0 Å². The van der Waals surface area contributed by atoms with Crippen molar-refractivity contribution in [2.75, 3.05) is 4.90 Å². The van der Waals surface area contributed by atoms with Crippen LogP contribution in [0.4, 0.5) is 17.1 Å². The van der Waals surface area contributed by atoms with E-state index >= 15 is 0 Å². The fraction of sp³-hybridized carbons (Fsp3) is 0. The van der Waals surface area contributed by atoms with Crippen LogP contribution in [0.5, 0.6) is 0 Å². The summed E-state index contributed by atoms with van der Waals surface area (Å²) in [6.45, 7) is 0. The van der Waals surface area contributed by atoms with Crippen molar-refractivity contribution in [2.45, 2.75) is 0 Å². The maximum absolute atomic E-state index is 6.48. The predicted molar refractivity (Wildman–Crippen MR) is 237 cm³/mol. The van der Waals surface area contributed by atoms with Crippen molar-refractivity contribution >= 4 is 114 Å². The Bertz CT molecular complexity index is 3500. The minimum absolute atomic E-state index is 0.907. The first kappa shape index (κ1) is 30.5. The summed E-state index contributed by atoms with van der Waals surface area (Å²) >= 11 is 1.91. The van der Waals surface area contributed by atoms with E-state index in [1.165, 1.54) is 63.3 Å². The lowest BCUT2D eigenvalue weighted by atomic mass is 9.92. The van der Waals surface area contributed by atoms with Gasteiger partial charge in [-0.15, -0.1) is 11.3 Å². The Hall–Kier alpha value is -6.94. The molecule has 0 radical (unpaired) electrons. The lowest BCUT2D eigenvalue weighted by molar-refractivity contribution is 0.670. The second-order valence-electron chi connectivity index (χ2n) is 14.4. The van der Waals surface area contributed by atoms with Crippen molar-refractivity contribution in [1.29, 1.82) is 0 Å². The molecule has 0 aliphatic rings. The number of benzene rings is 10. The summed E-state index contributed by atoms with van der Waals surface area (Å²) in [4.78, 5) is 2.38. The van der Waals surface area contributed by atoms with Crippen molar-refractivity contribution in [1.82, 2.24) is 0 Å². The second kappa shape index (κ2) is 11.8. The van der Waals surface area contributed by atoms with E-state index in [2.05, 4.69) is 181 Å². The molecular weight excluding hydrogens is 687 g/mol. The number of nitrogens with zero attached hydrogens (tertiary/aromatic N) is 1. The fourth-order valence-electron chi connectivity index (χ4n) is 8.89. The summed E-state index contributed by atoms with van der Waals surface area (Å²) in [6, 6.07) is 68.4. The van der Waals surface area contributed by atoms with Gasteiger partial charge in [-0.2, -0.15) is 0 Å². The van der Waals surface area contributed by atoms with Gasteiger partial charge in [-0.05, 0) is 103 Å². The van der Waals surface area contributed by atoms with Gasteiger partial charge in [0, 0.05) is 53.6 Å². The SMILES string of the molecule is c1ccc(N(c2cccc(-c3cccc4c3oc3ccccc34)c2)c2ccc3c(c2)c2ccccc2c2cc4sc5c6ccccc6ccc5c4cc32)cc1. The average molecular weight is 718 g/mol. The third-order valence-corrected chi connectivity index (χ3v) is 12.6. The lowest BCUT2D eigenvalue weighted by Gasteiger charge is -2.26. The molecule has 0 fully saturated rings. The van der Waals surface area contributed by atoms with Crippen LogP contribution in [0, 0.1) is 0 Å². The molecule has 10 aromatic carbocycles. The van der Waals surface area contributed by atoms with Gasteiger partial charge in [-0.3, -0.25) is 0 Å². The van der Waals surface area contributed by atoms with Crippen LogP contribution in [0.15, 0.2) is 192 Å². The van der Waals surface area contributed by atoms with Gasteiger partial charge in [-0.1, -0.05) is 133 Å². The first-order valence-corrected chi connectivity index (χ1v) is 19.6. The highest BCUT2D eigenvalue weighted by Crippen LogP contribution is 2.46.